The number of nitrogens with zero attached hydrogens (tertiary/aromatic N) is 4. The van der Waals surface area contributed by atoms with Crippen LogP contribution in [0.1, 0.15) is 35.3 Å². The highest BCUT2D eigenvalue weighted by molar-refractivity contribution is 5.92. The van der Waals surface area contributed by atoms with E-state index >= 15 is 0 Å². The molecule has 164 valence electrons. The molecule has 0 spiro atoms. The molecule has 1 aromatic carbocycles. The lowest BCUT2D eigenvalue weighted by Gasteiger charge is -2.29. The van der Waals surface area contributed by atoms with Crippen molar-refractivity contribution in [2.24, 2.45) is 0 Å². The topological polar surface area (TPSA) is 66.0 Å². The number of benzene rings is 1. The molecule has 1 saturated heterocycles. The van der Waals surface area contributed by atoms with Gasteiger partial charge in [-0.15, -0.1) is 5.10 Å². The Morgan fingerprint density at radius 3 is 2.58 bits per heavy atom. The minimum absolute atomic E-state index is 0.207. The molecule has 0 saturated carbocycles. The van der Waals surface area contributed by atoms with Crippen LogP contribution in [0.5, 0.6) is 0 Å². The number of rotatable bonds is 4. The van der Waals surface area contributed by atoms with Crippen molar-refractivity contribution in [1.29, 1.82) is 0 Å². The molecule has 0 amide bonds. The van der Waals surface area contributed by atoms with Gasteiger partial charge >= 0.3 is 6.18 Å². The first kappa shape index (κ1) is 21.3. The molecule has 3 heterocycles. The van der Waals surface area contributed by atoms with Gasteiger partial charge in [-0.2, -0.15) is 18.3 Å². The van der Waals surface area contributed by atoms with Crippen LogP contribution in [-0.4, -0.2) is 41.4 Å². The lowest BCUT2D eigenvalue weighted by molar-refractivity contribution is -0.138. The fourth-order valence-electron chi connectivity index (χ4n) is 4.06. The van der Waals surface area contributed by atoms with Crippen molar-refractivity contribution < 1.29 is 13.2 Å². The van der Waals surface area contributed by atoms with Crippen LogP contribution in [0.2, 0.25) is 0 Å². The molecule has 9 heteroatoms. The average molecular weight is 430 g/mol. The SMILES string of the molecule is Cc1c([C@@H](C)Nc2nnc(C)c3ncc(N4CCNCC4)cc23)cccc1C(F)(F)F. The number of halogens is 3. The van der Waals surface area contributed by atoms with Crippen LogP contribution in [0, 0.1) is 13.8 Å². The summed E-state index contributed by atoms with van der Waals surface area (Å²) in [5, 5.41) is 15.9. The fourth-order valence-corrected chi connectivity index (χ4v) is 4.06. The number of pyridine rings is 1. The van der Waals surface area contributed by atoms with Gasteiger partial charge in [0.25, 0.3) is 0 Å². The zero-order chi connectivity index (χ0) is 22.2. The zero-order valence-electron chi connectivity index (χ0n) is 17.7. The summed E-state index contributed by atoms with van der Waals surface area (Å²) in [5.74, 6) is 0.509. The second-order valence-electron chi connectivity index (χ2n) is 7.84. The van der Waals surface area contributed by atoms with E-state index in [9.17, 15) is 13.2 Å². The Kier molecular flexibility index (Phi) is 5.70. The third-order valence-electron chi connectivity index (χ3n) is 5.75. The van der Waals surface area contributed by atoms with Crippen molar-refractivity contribution in [2.45, 2.75) is 33.0 Å². The molecular formula is C22H25F3N6. The van der Waals surface area contributed by atoms with Crippen LogP contribution < -0.4 is 15.5 Å². The van der Waals surface area contributed by atoms with E-state index in [1.807, 2.05) is 26.1 Å². The van der Waals surface area contributed by atoms with Gasteiger partial charge in [-0.25, -0.2) is 0 Å². The quantitative estimate of drug-likeness (QED) is 0.645. The first-order valence-corrected chi connectivity index (χ1v) is 10.3. The molecule has 0 radical (unpaired) electrons. The Balaban J connectivity index is 1.70. The van der Waals surface area contributed by atoms with Crippen LogP contribution >= 0.6 is 0 Å². The number of anilines is 2. The minimum Gasteiger partial charge on any atom is -0.368 e. The van der Waals surface area contributed by atoms with E-state index in [1.165, 1.54) is 13.0 Å². The van der Waals surface area contributed by atoms with Gasteiger partial charge in [0.15, 0.2) is 5.82 Å². The largest absolute Gasteiger partial charge is 0.416 e. The maximum Gasteiger partial charge on any atom is 0.416 e. The standard InChI is InChI=1S/C22H25F3N6/c1-13-17(5-4-6-19(13)22(23,24)25)14(2)28-21-18-11-16(31-9-7-26-8-10-31)12-27-20(18)15(3)29-30-21/h4-6,11-12,14,26H,7-10H2,1-3H3,(H,28,30)/t14-/m1/s1. The number of hydrogen-bond donors (Lipinski definition) is 2. The molecule has 3 aromatic rings. The fraction of sp³-hybridized carbons (Fsp3) is 0.409. The summed E-state index contributed by atoms with van der Waals surface area (Å²) >= 11 is 0. The molecule has 6 nitrogen and oxygen atoms in total. The van der Waals surface area contributed by atoms with Crippen molar-refractivity contribution in [3.05, 3.63) is 52.8 Å². The van der Waals surface area contributed by atoms with E-state index in [-0.39, 0.29) is 5.56 Å². The van der Waals surface area contributed by atoms with Gasteiger partial charge in [0.05, 0.1) is 34.7 Å². The van der Waals surface area contributed by atoms with Gasteiger partial charge < -0.3 is 15.5 Å². The molecule has 2 aromatic heterocycles. The number of nitrogens with one attached hydrogen (secondary N) is 2. The van der Waals surface area contributed by atoms with E-state index in [2.05, 4.69) is 30.7 Å². The van der Waals surface area contributed by atoms with Gasteiger partial charge in [-0.05, 0) is 44.0 Å². The number of alkyl halides is 3. The number of fused-ring (bicyclic) bond motifs is 1. The van der Waals surface area contributed by atoms with Crippen molar-refractivity contribution in [2.75, 3.05) is 36.4 Å². The molecule has 4 rings (SSSR count). The summed E-state index contributed by atoms with van der Waals surface area (Å²) in [6.45, 7) is 8.74. The first-order valence-electron chi connectivity index (χ1n) is 10.3. The molecule has 1 fully saturated rings. The van der Waals surface area contributed by atoms with Crippen LogP contribution in [0.25, 0.3) is 10.9 Å². The normalized spacial score (nSPS) is 15.9. The zero-order valence-corrected chi connectivity index (χ0v) is 17.7. The highest BCUT2D eigenvalue weighted by Gasteiger charge is 2.33. The molecule has 0 unspecified atom stereocenters. The summed E-state index contributed by atoms with van der Waals surface area (Å²) in [7, 11) is 0. The Bertz CT molecular complexity index is 1090. The Morgan fingerprint density at radius 2 is 1.87 bits per heavy atom. The predicted molar refractivity (Wildman–Crippen MR) is 115 cm³/mol. The second kappa shape index (κ2) is 8.30. The van der Waals surface area contributed by atoms with Gasteiger partial charge in [0.2, 0.25) is 0 Å². The van der Waals surface area contributed by atoms with Gasteiger partial charge in [-0.1, -0.05) is 12.1 Å². The van der Waals surface area contributed by atoms with Gasteiger partial charge in [0.1, 0.15) is 0 Å². The highest BCUT2D eigenvalue weighted by atomic mass is 19.4. The Morgan fingerprint density at radius 1 is 1.13 bits per heavy atom. The molecule has 1 atom stereocenters. The van der Waals surface area contributed by atoms with E-state index < -0.39 is 17.8 Å². The minimum atomic E-state index is -4.39. The predicted octanol–water partition coefficient (Wildman–Crippen LogP) is 4.24. The number of aromatic nitrogens is 3. The lowest BCUT2D eigenvalue weighted by atomic mass is 9.97. The monoisotopic (exact) mass is 430 g/mol. The van der Waals surface area contributed by atoms with Crippen LogP contribution in [-0.2, 0) is 6.18 Å². The molecule has 2 N–H and O–H groups in total. The third-order valence-corrected chi connectivity index (χ3v) is 5.75. The van der Waals surface area contributed by atoms with Crippen LogP contribution in [0.15, 0.2) is 30.5 Å². The van der Waals surface area contributed by atoms with Crippen molar-refractivity contribution in [3.8, 4) is 0 Å². The summed E-state index contributed by atoms with van der Waals surface area (Å²) in [5.41, 5.74) is 2.57. The van der Waals surface area contributed by atoms with Gasteiger partial charge in [0, 0.05) is 31.6 Å². The molecular weight excluding hydrogens is 405 g/mol. The van der Waals surface area contributed by atoms with Crippen molar-refractivity contribution >= 4 is 22.4 Å². The van der Waals surface area contributed by atoms with Crippen LogP contribution in [0.4, 0.5) is 24.7 Å². The molecule has 1 aliphatic heterocycles. The Labute approximate surface area is 178 Å². The highest BCUT2D eigenvalue weighted by Crippen LogP contribution is 2.35. The summed E-state index contributed by atoms with van der Waals surface area (Å²) in [6, 6.07) is 5.88. The molecule has 1 aliphatic rings. The molecule has 31 heavy (non-hydrogen) atoms. The van der Waals surface area contributed by atoms with Crippen LogP contribution in [0.3, 0.4) is 0 Å². The smallest absolute Gasteiger partial charge is 0.368 e. The first-order chi connectivity index (χ1) is 14.8. The number of aryl methyl sites for hydroxylation is 1. The summed E-state index contributed by atoms with van der Waals surface area (Å²) in [6.07, 6.45) is -2.55. The Hall–Kier alpha value is -2.94. The maximum absolute atomic E-state index is 13.3. The number of piperazine rings is 1. The third kappa shape index (κ3) is 4.27. The van der Waals surface area contributed by atoms with Crippen molar-refractivity contribution in [1.82, 2.24) is 20.5 Å². The lowest BCUT2D eigenvalue weighted by Crippen LogP contribution is -2.43. The molecule has 0 aliphatic carbocycles. The number of hydrogen-bond acceptors (Lipinski definition) is 6. The van der Waals surface area contributed by atoms with E-state index in [0.717, 1.165) is 48.8 Å². The van der Waals surface area contributed by atoms with E-state index in [0.29, 0.717) is 17.1 Å². The maximum atomic E-state index is 13.3. The average Bonchev–Trinajstić information content (AvgIpc) is 2.75. The molecule has 0 bridgehead atoms. The van der Waals surface area contributed by atoms with Crippen molar-refractivity contribution in [3.63, 3.8) is 0 Å². The van der Waals surface area contributed by atoms with Gasteiger partial charge in [-0.3, -0.25) is 4.98 Å². The van der Waals surface area contributed by atoms with E-state index in [1.54, 1.807) is 6.07 Å². The summed E-state index contributed by atoms with van der Waals surface area (Å²) < 4.78 is 40.0. The van der Waals surface area contributed by atoms with E-state index in [4.69, 9.17) is 0 Å². The second-order valence-corrected chi connectivity index (χ2v) is 7.84. The summed E-state index contributed by atoms with van der Waals surface area (Å²) in [4.78, 5) is 6.86.